The summed E-state index contributed by atoms with van der Waals surface area (Å²) >= 11 is 0. The molecule has 2 amide bonds. The number of anilines is 1. The molecule has 0 spiro atoms. The molecule has 7 heteroatoms. The number of amides is 2. The van der Waals surface area contributed by atoms with Crippen molar-refractivity contribution in [1.82, 2.24) is 9.80 Å². The van der Waals surface area contributed by atoms with Gasteiger partial charge in [0.05, 0.1) is 11.7 Å². The summed E-state index contributed by atoms with van der Waals surface area (Å²) in [6.07, 6.45) is 6.44. The van der Waals surface area contributed by atoms with E-state index in [-0.39, 0.29) is 29.9 Å². The Morgan fingerprint density at radius 3 is 2.62 bits per heavy atom. The van der Waals surface area contributed by atoms with Crippen LogP contribution in [-0.4, -0.2) is 74.2 Å². The maximum absolute atomic E-state index is 13.3. The van der Waals surface area contributed by atoms with Crippen LogP contribution >= 0.6 is 0 Å². The molecule has 1 aromatic rings. The summed E-state index contributed by atoms with van der Waals surface area (Å²) in [7, 11) is 3.55. The van der Waals surface area contributed by atoms with Gasteiger partial charge in [-0.05, 0) is 50.2 Å². The van der Waals surface area contributed by atoms with Gasteiger partial charge < -0.3 is 19.7 Å². The molecule has 1 aromatic carbocycles. The fraction of sp³-hybridized carbons (Fsp3) is 0.704. The molecular formula is C27H43N3O4. The summed E-state index contributed by atoms with van der Waals surface area (Å²) in [6.45, 7) is 9.36. The molecule has 0 unspecified atom stereocenters. The average Bonchev–Trinajstić information content (AvgIpc) is 3.32. The van der Waals surface area contributed by atoms with E-state index in [0.29, 0.717) is 36.6 Å². The van der Waals surface area contributed by atoms with Gasteiger partial charge in [-0.15, -0.1) is 0 Å². The first-order valence-corrected chi connectivity index (χ1v) is 12.9. The Hall–Kier alpha value is -2.12. The predicted octanol–water partition coefficient (Wildman–Crippen LogP) is 4.42. The van der Waals surface area contributed by atoms with Crippen LogP contribution in [0.5, 0.6) is 5.75 Å². The van der Waals surface area contributed by atoms with E-state index in [1.807, 2.05) is 14.0 Å². The third-order valence-corrected chi connectivity index (χ3v) is 7.30. The zero-order chi connectivity index (χ0) is 24.7. The fourth-order valence-electron chi connectivity index (χ4n) is 5.15. The van der Waals surface area contributed by atoms with Gasteiger partial charge in [-0.3, -0.25) is 14.5 Å². The van der Waals surface area contributed by atoms with E-state index in [0.717, 1.165) is 25.4 Å². The van der Waals surface area contributed by atoms with Crippen LogP contribution < -0.4 is 10.1 Å². The second-order valence-electron chi connectivity index (χ2n) is 10.2. The molecule has 2 aliphatic rings. The average molecular weight is 474 g/mol. The third kappa shape index (κ3) is 6.95. The van der Waals surface area contributed by atoms with Gasteiger partial charge in [-0.25, -0.2) is 0 Å². The topological polar surface area (TPSA) is 71.1 Å². The summed E-state index contributed by atoms with van der Waals surface area (Å²) in [5, 5.41) is 2.92. The van der Waals surface area contributed by atoms with Gasteiger partial charge in [0.2, 0.25) is 5.91 Å². The van der Waals surface area contributed by atoms with E-state index >= 15 is 0 Å². The molecule has 190 valence electrons. The molecule has 1 N–H and O–H groups in total. The number of rotatable bonds is 6. The minimum atomic E-state index is -0.105. The lowest BCUT2D eigenvalue weighted by Crippen LogP contribution is -2.47. The van der Waals surface area contributed by atoms with Crippen LogP contribution in [0.15, 0.2) is 18.2 Å². The highest BCUT2D eigenvalue weighted by Gasteiger charge is 2.30. The highest BCUT2D eigenvalue weighted by Crippen LogP contribution is 2.29. The molecule has 0 aromatic heterocycles. The molecule has 3 atom stereocenters. The molecule has 0 radical (unpaired) electrons. The standard InChI is InChI=1S/C27H43N3O4/c1-6-9-26(31)28-22-12-13-23-24(14-22)34-18-20(3)30(16-21-10-7-8-11-21)15-19(2)25(33-5)17-29(4)27(23)32/h12-14,19-21,25H,6-11,15-18H2,1-5H3,(H,28,31)/t19-,20+,25+/m1/s1. The number of nitrogens with one attached hydrogen (secondary N) is 1. The first-order valence-electron chi connectivity index (χ1n) is 12.9. The number of hydrogen-bond acceptors (Lipinski definition) is 5. The van der Waals surface area contributed by atoms with Gasteiger partial charge in [0.15, 0.2) is 0 Å². The van der Waals surface area contributed by atoms with Crippen molar-refractivity contribution in [2.45, 2.75) is 71.4 Å². The highest BCUT2D eigenvalue weighted by atomic mass is 16.5. The van der Waals surface area contributed by atoms with E-state index < -0.39 is 0 Å². The Morgan fingerprint density at radius 1 is 1.21 bits per heavy atom. The minimum Gasteiger partial charge on any atom is -0.491 e. The molecule has 1 aliphatic carbocycles. The van der Waals surface area contributed by atoms with Crippen LogP contribution in [0.4, 0.5) is 5.69 Å². The number of carbonyl (C=O) groups excluding carboxylic acids is 2. The quantitative estimate of drug-likeness (QED) is 0.662. The number of likely N-dealkylation sites (N-methyl/N-ethyl adjacent to an activating group) is 1. The monoisotopic (exact) mass is 473 g/mol. The number of methoxy groups -OCH3 is 1. The van der Waals surface area contributed by atoms with Crippen molar-refractivity contribution < 1.29 is 19.1 Å². The van der Waals surface area contributed by atoms with Crippen molar-refractivity contribution in [3.8, 4) is 5.75 Å². The SMILES string of the molecule is CCCC(=O)Nc1ccc2c(c1)OC[C@H](C)N(CC1CCCC1)C[C@@H](C)[C@@H](OC)CN(C)C2=O. The van der Waals surface area contributed by atoms with Gasteiger partial charge in [-0.2, -0.15) is 0 Å². The molecule has 1 heterocycles. The zero-order valence-corrected chi connectivity index (χ0v) is 21.6. The lowest BCUT2D eigenvalue weighted by molar-refractivity contribution is -0.116. The van der Waals surface area contributed by atoms with Gasteiger partial charge >= 0.3 is 0 Å². The van der Waals surface area contributed by atoms with Crippen molar-refractivity contribution in [2.24, 2.45) is 11.8 Å². The number of hydrogen-bond donors (Lipinski definition) is 1. The fourth-order valence-corrected chi connectivity index (χ4v) is 5.15. The van der Waals surface area contributed by atoms with Gasteiger partial charge in [0, 0.05) is 58.0 Å². The number of ether oxygens (including phenoxy) is 2. The van der Waals surface area contributed by atoms with Crippen LogP contribution in [0.2, 0.25) is 0 Å². The first kappa shape index (κ1) is 26.5. The van der Waals surface area contributed by atoms with E-state index in [1.165, 1.54) is 25.7 Å². The van der Waals surface area contributed by atoms with Crippen molar-refractivity contribution >= 4 is 17.5 Å². The van der Waals surface area contributed by atoms with Crippen molar-refractivity contribution in [3.05, 3.63) is 23.8 Å². The normalized spacial score (nSPS) is 25.3. The summed E-state index contributed by atoms with van der Waals surface area (Å²) in [5.41, 5.74) is 1.16. The molecule has 1 aliphatic heterocycles. The minimum absolute atomic E-state index is 0.0351. The second-order valence-corrected chi connectivity index (χ2v) is 10.2. The van der Waals surface area contributed by atoms with Crippen LogP contribution in [-0.2, 0) is 9.53 Å². The largest absolute Gasteiger partial charge is 0.491 e. The van der Waals surface area contributed by atoms with Gasteiger partial charge in [-0.1, -0.05) is 26.7 Å². The van der Waals surface area contributed by atoms with E-state index in [4.69, 9.17) is 9.47 Å². The summed E-state index contributed by atoms with van der Waals surface area (Å²) in [5.74, 6) is 1.39. The molecule has 34 heavy (non-hydrogen) atoms. The molecule has 0 saturated heterocycles. The molecule has 1 saturated carbocycles. The van der Waals surface area contributed by atoms with Crippen molar-refractivity contribution in [2.75, 3.05) is 45.7 Å². The summed E-state index contributed by atoms with van der Waals surface area (Å²) in [6, 6.07) is 5.51. The lowest BCUT2D eigenvalue weighted by Gasteiger charge is -2.37. The van der Waals surface area contributed by atoms with E-state index in [9.17, 15) is 9.59 Å². The molecule has 1 fully saturated rings. The number of benzene rings is 1. The van der Waals surface area contributed by atoms with Gasteiger partial charge in [0.1, 0.15) is 12.4 Å². The Kier molecular flexibility index (Phi) is 9.77. The Bertz CT molecular complexity index is 824. The highest BCUT2D eigenvalue weighted by molar-refractivity contribution is 5.98. The summed E-state index contributed by atoms with van der Waals surface area (Å²) in [4.78, 5) is 29.7. The molecule has 3 rings (SSSR count). The van der Waals surface area contributed by atoms with Gasteiger partial charge in [0.25, 0.3) is 5.91 Å². The Balaban J connectivity index is 1.88. The smallest absolute Gasteiger partial charge is 0.257 e. The van der Waals surface area contributed by atoms with Crippen LogP contribution in [0.3, 0.4) is 0 Å². The summed E-state index contributed by atoms with van der Waals surface area (Å²) < 4.78 is 12.1. The first-order chi connectivity index (χ1) is 16.3. The maximum Gasteiger partial charge on any atom is 0.257 e. The number of carbonyl (C=O) groups is 2. The molecule has 0 bridgehead atoms. The number of fused-ring (bicyclic) bond motifs is 1. The van der Waals surface area contributed by atoms with Crippen LogP contribution in [0, 0.1) is 11.8 Å². The Morgan fingerprint density at radius 2 is 1.94 bits per heavy atom. The maximum atomic E-state index is 13.3. The Labute approximate surface area is 205 Å². The second kappa shape index (κ2) is 12.5. The predicted molar refractivity (Wildman–Crippen MR) is 135 cm³/mol. The van der Waals surface area contributed by atoms with E-state index in [1.54, 1.807) is 30.2 Å². The lowest BCUT2D eigenvalue weighted by atomic mass is 9.99. The van der Waals surface area contributed by atoms with Crippen molar-refractivity contribution in [3.63, 3.8) is 0 Å². The zero-order valence-electron chi connectivity index (χ0n) is 21.6. The van der Waals surface area contributed by atoms with Crippen molar-refractivity contribution in [1.29, 1.82) is 0 Å². The van der Waals surface area contributed by atoms with Crippen LogP contribution in [0.25, 0.3) is 0 Å². The molecular weight excluding hydrogens is 430 g/mol. The molecule has 7 nitrogen and oxygen atoms in total. The third-order valence-electron chi connectivity index (χ3n) is 7.30. The number of nitrogens with zero attached hydrogens (tertiary/aromatic N) is 2. The van der Waals surface area contributed by atoms with E-state index in [2.05, 4.69) is 24.1 Å². The van der Waals surface area contributed by atoms with Crippen LogP contribution in [0.1, 0.15) is 69.7 Å².